The number of alkyl halides is 5. The number of ether oxygens (including phenoxy) is 2. The number of hydrogen-bond acceptors (Lipinski definition) is 7. The van der Waals surface area contributed by atoms with Crippen LogP contribution in [0.15, 0.2) is 59.2 Å². The van der Waals surface area contributed by atoms with E-state index in [0.29, 0.717) is 67.8 Å². The second-order valence-electron chi connectivity index (χ2n) is 10.5. The van der Waals surface area contributed by atoms with Crippen LogP contribution in [-0.4, -0.2) is 67.9 Å². The van der Waals surface area contributed by atoms with E-state index in [1.54, 1.807) is 0 Å². The van der Waals surface area contributed by atoms with Crippen molar-refractivity contribution in [1.82, 2.24) is 15.2 Å². The molecule has 2 saturated heterocycles. The first kappa shape index (κ1) is 31.8. The summed E-state index contributed by atoms with van der Waals surface area (Å²) >= 11 is 4.63. The summed E-state index contributed by atoms with van der Waals surface area (Å²) in [6.45, 7) is -0.632. The summed E-state index contributed by atoms with van der Waals surface area (Å²) < 4.78 is 76.0. The van der Waals surface area contributed by atoms with Crippen molar-refractivity contribution in [3.63, 3.8) is 0 Å². The van der Waals surface area contributed by atoms with E-state index in [0.717, 1.165) is 22.2 Å². The molecule has 0 spiro atoms. The zero-order valence-corrected chi connectivity index (χ0v) is 25.4. The number of carbonyl (C=O) groups is 1. The van der Waals surface area contributed by atoms with Crippen LogP contribution in [0.3, 0.4) is 0 Å². The third kappa shape index (κ3) is 7.90. The number of halogens is 6. The Morgan fingerprint density at radius 3 is 2.47 bits per heavy atom. The molecule has 3 heterocycles. The highest BCUT2D eigenvalue weighted by Crippen LogP contribution is 2.35. The van der Waals surface area contributed by atoms with Crippen molar-refractivity contribution in [2.24, 2.45) is 0 Å². The molecule has 1 N–H and O–H groups in total. The van der Waals surface area contributed by atoms with Gasteiger partial charge in [0.1, 0.15) is 4.88 Å². The normalized spacial score (nSPS) is 19.5. The fourth-order valence-electron chi connectivity index (χ4n) is 5.46. The summed E-state index contributed by atoms with van der Waals surface area (Å²) in [4.78, 5) is 22.2. The van der Waals surface area contributed by atoms with Gasteiger partial charge >= 0.3 is 12.8 Å². The predicted octanol–water partition coefficient (Wildman–Crippen LogP) is 6.29. The maximum Gasteiger partial charge on any atom is 0.416 e. The number of piperazine rings is 1. The van der Waals surface area contributed by atoms with Crippen LogP contribution in [0.25, 0.3) is 0 Å². The van der Waals surface area contributed by atoms with Crippen LogP contribution in [-0.2, 0) is 27.7 Å². The minimum Gasteiger partial charge on any atom is -0.381 e. The number of anilines is 1. The minimum absolute atomic E-state index is 0.283. The Morgan fingerprint density at radius 2 is 1.81 bits per heavy atom. The lowest BCUT2D eigenvalue weighted by atomic mass is 9.82. The maximum atomic E-state index is 13.5. The maximum absolute atomic E-state index is 13.5. The van der Waals surface area contributed by atoms with Crippen LogP contribution in [0.1, 0.15) is 39.2 Å². The van der Waals surface area contributed by atoms with E-state index in [9.17, 15) is 26.7 Å². The first-order valence-electron chi connectivity index (χ1n) is 13.7. The average Bonchev–Trinajstić information content (AvgIpc) is 3.47. The van der Waals surface area contributed by atoms with Crippen LogP contribution < -0.4 is 10.2 Å². The molecule has 0 bridgehead atoms. The van der Waals surface area contributed by atoms with Gasteiger partial charge in [0.05, 0.1) is 29.9 Å². The second kappa shape index (κ2) is 13.6. The summed E-state index contributed by atoms with van der Waals surface area (Å²) in [5.41, 5.74) is 0.325. The Balaban J connectivity index is 1.28. The highest BCUT2D eigenvalue weighted by atomic mass is 79.9. The van der Waals surface area contributed by atoms with Crippen LogP contribution in [0.2, 0.25) is 0 Å². The van der Waals surface area contributed by atoms with Crippen molar-refractivity contribution < 1.29 is 36.2 Å². The molecule has 0 saturated carbocycles. The monoisotopic (exact) mass is 688 g/mol. The lowest BCUT2D eigenvalue weighted by Gasteiger charge is -2.41. The number of rotatable bonds is 9. The molecule has 2 aliphatic heterocycles. The summed E-state index contributed by atoms with van der Waals surface area (Å²) in [5.74, 6) is -0.283. The summed E-state index contributed by atoms with van der Waals surface area (Å²) in [5, 5.41) is 3.72. The van der Waals surface area contributed by atoms with Gasteiger partial charge in [0.25, 0.3) is 5.91 Å². The Kier molecular flexibility index (Phi) is 10.0. The molecule has 1 unspecified atom stereocenters. The van der Waals surface area contributed by atoms with Crippen LogP contribution in [0, 0.1) is 0 Å². The fourth-order valence-corrected chi connectivity index (χ4v) is 6.63. The first-order valence-corrected chi connectivity index (χ1v) is 15.3. The van der Waals surface area contributed by atoms with Crippen molar-refractivity contribution in [2.75, 3.05) is 44.4 Å². The number of nitrogens with zero attached hydrogens (tertiary/aromatic N) is 3. The Labute approximate surface area is 258 Å². The number of benzene rings is 2. The third-order valence-corrected chi connectivity index (χ3v) is 9.29. The van der Waals surface area contributed by atoms with Gasteiger partial charge in [-0.05, 0) is 48.2 Å². The Morgan fingerprint density at radius 1 is 1.12 bits per heavy atom. The SMILES string of the molecule is O=C(NC1(c2ccc(Br)cc2)CCOCC1)c1cnc(N2CCN(Cc3ccc(C(F)(F)F)cc3)CC2COC(F)F)s1. The summed E-state index contributed by atoms with van der Waals surface area (Å²) in [6, 6.07) is 12.2. The first-order chi connectivity index (χ1) is 20.5. The molecule has 232 valence electrons. The topological polar surface area (TPSA) is 66.9 Å². The van der Waals surface area contributed by atoms with Gasteiger partial charge in [0, 0.05) is 43.9 Å². The molecule has 1 amide bonds. The van der Waals surface area contributed by atoms with E-state index in [4.69, 9.17) is 4.74 Å². The second-order valence-corrected chi connectivity index (χ2v) is 12.5. The molecule has 5 rings (SSSR count). The minimum atomic E-state index is -4.42. The average molecular weight is 690 g/mol. The van der Waals surface area contributed by atoms with Crippen molar-refractivity contribution in [3.05, 3.63) is 80.8 Å². The van der Waals surface area contributed by atoms with Crippen molar-refractivity contribution in [3.8, 4) is 0 Å². The van der Waals surface area contributed by atoms with Crippen LogP contribution >= 0.6 is 27.3 Å². The third-order valence-electron chi connectivity index (χ3n) is 7.73. The molecule has 2 aliphatic rings. The number of nitrogens with one attached hydrogen (secondary N) is 1. The number of aromatic nitrogens is 1. The lowest BCUT2D eigenvalue weighted by molar-refractivity contribution is -0.137. The van der Waals surface area contributed by atoms with Crippen LogP contribution in [0.4, 0.5) is 27.1 Å². The van der Waals surface area contributed by atoms with Crippen molar-refractivity contribution >= 4 is 38.3 Å². The van der Waals surface area contributed by atoms with E-state index in [1.165, 1.54) is 29.7 Å². The molecule has 14 heteroatoms. The van der Waals surface area contributed by atoms with Gasteiger partial charge in [-0.2, -0.15) is 22.0 Å². The highest BCUT2D eigenvalue weighted by molar-refractivity contribution is 9.10. The molecule has 2 fully saturated rings. The largest absolute Gasteiger partial charge is 0.416 e. The quantitative estimate of drug-likeness (QED) is 0.267. The number of hydrogen-bond donors (Lipinski definition) is 1. The van der Waals surface area contributed by atoms with Gasteiger partial charge in [-0.1, -0.05) is 51.5 Å². The van der Waals surface area contributed by atoms with E-state index in [2.05, 4.69) is 31.0 Å². The van der Waals surface area contributed by atoms with E-state index in [-0.39, 0.29) is 12.5 Å². The molecule has 0 radical (unpaired) electrons. The molecule has 0 aliphatic carbocycles. The van der Waals surface area contributed by atoms with Crippen molar-refractivity contribution in [2.45, 2.75) is 43.8 Å². The van der Waals surface area contributed by atoms with Gasteiger partial charge in [-0.3, -0.25) is 9.69 Å². The molecule has 1 atom stereocenters. The van der Waals surface area contributed by atoms with Crippen molar-refractivity contribution in [1.29, 1.82) is 0 Å². The molecule has 1 aromatic heterocycles. The zero-order chi connectivity index (χ0) is 30.6. The Bertz CT molecular complexity index is 1370. The molecular formula is C29H30BrF5N4O3S. The van der Waals surface area contributed by atoms with E-state index < -0.39 is 29.9 Å². The van der Waals surface area contributed by atoms with E-state index >= 15 is 0 Å². The molecular weight excluding hydrogens is 659 g/mol. The van der Waals surface area contributed by atoms with E-state index in [1.807, 2.05) is 34.1 Å². The smallest absolute Gasteiger partial charge is 0.381 e. The molecule has 43 heavy (non-hydrogen) atoms. The number of carbonyl (C=O) groups excluding carboxylic acids is 1. The standard InChI is InChI=1S/C29H30BrF5N4O3S/c30-22-7-5-20(6-8-22)28(9-13-41-14-10-28)37-25(40)24-15-36-27(43-24)39-12-11-38(17-23(39)18-42-26(31)32)16-19-1-3-21(4-2-19)29(33,34)35/h1-8,15,23,26H,9-14,16-18H2,(H,37,40). The fraction of sp³-hybridized carbons (Fsp3) is 0.448. The lowest BCUT2D eigenvalue weighted by Crippen LogP contribution is -2.55. The summed E-state index contributed by atoms with van der Waals surface area (Å²) in [6.07, 6.45) is -1.71. The number of thiazole rings is 1. The Hall–Kier alpha value is -2.65. The molecule has 7 nitrogen and oxygen atoms in total. The highest BCUT2D eigenvalue weighted by Gasteiger charge is 2.37. The molecule has 3 aromatic rings. The van der Waals surface area contributed by atoms with Crippen LogP contribution in [0.5, 0.6) is 0 Å². The van der Waals surface area contributed by atoms with Gasteiger partial charge in [-0.25, -0.2) is 4.98 Å². The van der Waals surface area contributed by atoms with Gasteiger partial charge in [-0.15, -0.1) is 0 Å². The van der Waals surface area contributed by atoms with Gasteiger partial charge in [0.2, 0.25) is 0 Å². The zero-order valence-electron chi connectivity index (χ0n) is 23.0. The number of amides is 1. The van der Waals surface area contributed by atoms with Gasteiger partial charge in [0.15, 0.2) is 5.13 Å². The summed E-state index contributed by atoms with van der Waals surface area (Å²) in [7, 11) is 0. The predicted molar refractivity (Wildman–Crippen MR) is 155 cm³/mol. The molecule has 2 aromatic carbocycles. The van der Waals surface area contributed by atoms with Gasteiger partial charge < -0.3 is 19.7 Å².